The lowest BCUT2D eigenvalue weighted by Gasteiger charge is -2.31. The van der Waals surface area contributed by atoms with Crippen LogP contribution in [0.3, 0.4) is 0 Å². The van der Waals surface area contributed by atoms with Gasteiger partial charge in [-0.3, -0.25) is 4.90 Å². The van der Waals surface area contributed by atoms with E-state index in [1.807, 2.05) is 24.3 Å². The largest absolute Gasteiger partial charge is 0.465 e. The zero-order valence-electron chi connectivity index (χ0n) is 12.3. The first-order valence-electron chi connectivity index (χ1n) is 7.12. The molecule has 4 nitrogen and oxygen atoms in total. The number of nitrogens with zero attached hydrogens (tertiary/aromatic N) is 1. The number of rotatable bonds is 5. The number of carbonyl (C=O) groups excluding carboxylic acids is 1. The monoisotopic (exact) mass is 277 g/mol. The minimum absolute atomic E-state index is 0.255. The molecule has 1 fully saturated rings. The molecule has 1 heterocycles. The molecule has 1 aliphatic heterocycles. The summed E-state index contributed by atoms with van der Waals surface area (Å²) < 4.78 is 10.1. The molecule has 0 atom stereocenters. The van der Waals surface area contributed by atoms with E-state index in [4.69, 9.17) is 9.47 Å². The first-order chi connectivity index (χ1) is 9.74. The van der Waals surface area contributed by atoms with Crippen LogP contribution in [-0.4, -0.2) is 44.8 Å². The van der Waals surface area contributed by atoms with E-state index in [1.165, 1.54) is 7.11 Å². The molecule has 1 aromatic carbocycles. The minimum atomic E-state index is -0.255. The molecule has 20 heavy (non-hydrogen) atoms. The number of piperidine rings is 1. The van der Waals surface area contributed by atoms with Gasteiger partial charge in [0.25, 0.3) is 0 Å². The highest BCUT2D eigenvalue weighted by Gasteiger charge is 2.20. The summed E-state index contributed by atoms with van der Waals surface area (Å²) >= 11 is 0. The van der Waals surface area contributed by atoms with Gasteiger partial charge in [0.2, 0.25) is 0 Å². The lowest BCUT2D eigenvalue weighted by molar-refractivity contribution is 0.0596. The molecule has 4 heteroatoms. The van der Waals surface area contributed by atoms with Crippen LogP contribution in [0.15, 0.2) is 24.3 Å². The van der Waals surface area contributed by atoms with Crippen LogP contribution < -0.4 is 0 Å². The van der Waals surface area contributed by atoms with Crippen LogP contribution in [0.2, 0.25) is 0 Å². The second-order valence-corrected chi connectivity index (χ2v) is 5.32. The predicted octanol–water partition coefficient (Wildman–Crippen LogP) is 2.33. The SMILES string of the molecule is COCC1CCN(Cc2ccccc2C(=O)OC)CC1. The number of esters is 1. The average Bonchev–Trinajstić information content (AvgIpc) is 2.49. The molecule has 0 radical (unpaired) electrons. The van der Waals surface area contributed by atoms with Gasteiger partial charge in [-0.2, -0.15) is 0 Å². The van der Waals surface area contributed by atoms with E-state index in [2.05, 4.69) is 4.90 Å². The maximum absolute atomic E-state index is 11.8. The van der Waals surface area contributed by atoms with Gasteiger partial charge < -0.3 is 9.47 Å². The number of benzene rings is 1. The summed E-state index contributed by atoms with van der Waals surface area (Å²) in [6, 6.07) is 7.69. The van der Waals surface area contributed by atoms with Gasteiger partial charge in [0.05, 0.1) is 12.7 Å². The maximum Gasteiger partial charge on any atom is 0.338 e. The molecule has 0 N–H and O–H groups in total. The van der Waals surface area contributed by atoms with E-state index in [0.717, 1.165) is 44.6 Å². The van der Waals surface area contributed by atoms with Gasteiger partial charge >= 0.3 is 5.97 Å². The number of likely N-dealkylation sites (tertiary alicyclic amines) is 1. The Morgan fingerprint density at radius 3 is 2.60 bits per heavy atom. The van der Waals surface area contributed by atoms with Gasteiger partial charge in [-0.25, -0.2) is 4.79 Å². The molecular formula is C16H23NO3. The van der Waals surface area contributed by atoms with E-state index in [-0.39, 0.29) is 5.97 Å². The third kappa shape index (κ3) is 3.81. The third-order valence-electron chi connectivity index (χ3n) is 3.93. The summed E-state index contributed by atoms with van der Waals surface area (Å²) in [5, 5.41) is 0. The van der Waals surface area contributed by atoms with Crippen LogP contribution in [0, 0.1) is 5.92 Å². The fourth-order valence-electron chi connectivity index (χ4n) is 2.76. The summed E-state index contributed by atoms with van der Waals surface area (Å²) in [6.45, 7) is 3.78. The highest BCUT2D eigenvalue weighted by Crippen LogP contribution is 2.20. The molecule has 1 aromatic rings. The van der Waals surface area contributed by atoms with Crippen molar-refractivity contribution < 1.29 is 14.3 Å². The normalized spacial score (nSPS) is 17.1. The smallest absolute Gasteiger partial charge is 0.338 e. The highest BCUT2D eigenvalue weighted by molar-refractivity contribution is 5.90. The molecule has 110 valence electrons. The van der Waals surface area contributed by atoms with Crippen molar-refractivity contribution in [2.24, 2.45) is 5.92 Å². The fourth-order valence-corrected chi connectivity index (χ4v) is 2.76. The van der Waals surface area contributed by atoms with Crippen LogP contribution in [-0.2, 0) is 16.0 Å². The van der Waals surface area contributed by atoms with Crippen molar-refractivity contribution >= 4 is 5.97 Å². The molecule has 0 bridgehead atoms. The van der Waals surface area contributed by atoms with Gasteiger partial charge in [0.15, 0.2) is 0 Å². The summed E-state index contributed by atoms with van der Waals surface area (Å²) in [7, 11) is 3.19. The lowest BCUT2D eigenvalue weighted by atomic mass is 9.97. The van der Waals surface area contributed by atoms with E-state index in [9.17, 15) is 4.79 Å². The van der Waals surface area contributed by atoms with Crippen molar-refractivity contribution in [2.45, 2.75) is 19.4 Å². The lowest BCUT2D eigenvalue weighted by Crippen LogP contribution is -2.34. The first kappa shape index (κ1) is 15.0. The Labute approximate surface area is 120 Å². The topological polar surface area (TPSA) is 38.8 Å². The Balaban J connectivity index is 1.96. The molecule has 0 aromatic heterocycles. The molecular weight excluding hydrogens is 254 g/mol. The summed E-state index contributed by atoms with van der Waals surface area (Å²) in [6.07, 6.45) is 2.32. The Kier molecular flexibility index (Phi) is 5.56. The number of ether oxygens (including phenoxy) is 2. The summed E-state index contributed by atoms with van der Waals surface area (Å²) in [4.78, 5) is 14.2. The zero-order chi connectivity index (χ0) is 14.4. The highest BCUT2D eigenvalue weighted by atomic mass is 16.5. The molecule has 0 spiro atoms. The van der Waals surface area contributed by atoms with Gasteiger partial charge in [0, 0.05) is 20.3 Å². The molecule has 0 aliphatic carbocycles. The van der Waals surface area contributed by atoms with Crippen molar-refractivity contribution in [3.8, 4) is 0 Å². The van der Waals surface area contributed by atoms with Crippen molar-refractivity contribution in [3.63, 3.8) is 0 Å². The van der Waals surface area contributed by atoms with Crippen molar-refractivity contribution in [2.75, 3.05) is 33.9 Å². The first-order valence-corrected chi connectivity index (χ1v) is 7.12. The summed E-state index contributed by atoms with van der Waals surface area (Å²) in [5.41, 5.74) is 1.72. The van der Waals surface area contributed by atoms with Crippen LogP contribution in [0.25, 0.3) is 0 Å². The van der Waals surface area contributed by atoms with Crippen LogP contribution >= 0.6 is 0 Å². The number of hydrogen-bond acceptors (Lipinski definition) is 4. The van der Waals surface area contributed by atoms with E-state index >= 15 is 0 Å². The summed E-state index contributed by atoms with van der Waals surface area (Å²) in [5.74, 6) is 0.418. The zero-order valence-corrected chi connectivity index (χ0v) is 12.3. The van der Waals surface area contributed by atoms with Gasteiger partial charge in [0.1, 0.15) is 0 Å². The predicted molar refractivity (Wildman–Crippen MR) is 77.7 cm³/mol. The average molecular weight is 277 g/mol. The Morgan fingerprint density at radius 2 is 1.95 bits per heavy atom. The third-order valence-corrected chi connectivity index (χ3v) is 3.93. The Bertz CT molecular complexity index is 439. The number of methoxy groups -OCH3 is 2. The van der Waals surface area contributed by atoms with Crippen LogP contribution in [0.5, 0.6) is 0 Å². The van der Waals surface area contributed by atoms with Gasteiger partial charge in [-0.05, 0) is 43.5 Å². The van der Waals surface area contributed by atoms with Gasteiger partial charge in [-0.1, -0.05) is 18.2 Å². The minimum Gasteiger partial charge on any atom is -0.465 e. The molecule has 1 aliphatic rings. The van der Waals surface area contributed by atoms with E-state index in [0.29, 0.717) is 11.5 Å². The maximum atomic E-state index is 11.8. The molecule has 1 saturated heterocycles. The second-order valence-electron chi connectivity index (χ2n) is 5.32. The standard InChI is InChI=1S/C16H23NO3/c1-19-12-13-7-9-17(10-8-13)11-14-5-3-4-6-15(14)16(18)20-2/h3-6,13H,7-12H2,1-2H3. The Morgan fingerprint density at radius 1 is 1.25 bits per heavy atom. The number of hydrogen-bond donors (Lipinski definition) is 0. The second kappa shape index (κ2) is 7.41. The number of carbonyl (C=O) groups is 1. The van der Waals surface area contributed by atoms with E-state index < -0.39 is 0 Å². The van der Waals surface area contributed by atoms with Crippen LogP contribution in [0.4, 0.5) is 0 Å². The van der Waals surface area contributed by atoms with Crippen molar-refractivity contribution in [1.29, 1.82) is 0 Å². The molecule has 2 rings (SSSR count). The fraction of sp³-hybridized carbons (Fsp3) is 0.562. The van der Waals surface area contributed by atoms with Gasteiger partial charge in [-0.15, -0.1) is 0 Å². The van der Waals surface area contributed by atoms with Crippen LogP contribution in [0.1, 0.15) is 28.8 Å². The quantitative estimate of drug-likeness (QED) is 0.774. The molecule has 0 saturated carbocycles. The Hall–Kier alpha value is -1.39. The van der Waals surface area contributed by atoms with Crippen molar-refractivity contribution in [1.82, 2.24) is 4.90 Å². The molecule has 0 amide bonds. The van der Waals surface area contributed by atoms with Crippen molar-refractivity contribution in [3.05, 3.63) is 35.4 Å². The van der Waals surface area contributed by atoms with E-state index in [1.54, 1.807) is 7.11 Å². The molecule has 0 unspecified atom stereocenters.